The number of likely N-dealkylation sites (tertiary alicyclic amines) is 1. The Morgan fingerprint density at radius 3 is 2.67 bits per heavy atom. The first-order valence-corrected chi connectivity index (χ1v) is 7.80. The number of cyclic esters (lactones) is 1. The summed E-state index contributed by atoms with van der Waals surface area (Å²) in [6.45, 7) is 2.59. The van der Waals surface area contributed by atoms with Gasteiger partial charge in [-0.1, -0.05) is 18.2 Å². The average molecular weight is 289 g/mol. The van der Waals surface area contributed by atoms with E-state index >= 15 is 0 Å². The Hall–Kier alpha value is -1.55. The zero-order valence-corrected chi connectivity index (χ0v) is 12.6. The predicted octanol–water partition coefficient (Wildman–Crippen LogP) is 2.27. The molecule has 0 bridgehead atoms. The van der Waals surface area contributed by atoms with Crippen LogP contribution in [0, 0.1) is 5.92 Å². The highest BCUT2D eigenvalue weighted by molar-refractivity contribution is 5.77. The fourth-order valence-corrected chi connectivity index (χ4v) is 3.47. The molecule has 21 heavy (non-hydrogen) atoms. The SMILES string of the molecule is COc1ccccc1CC1CCN([C@@H]2CCOC2=O)CC1. The number of piperidine rings is 1. The zero-order valence-electron chi connectivity index (χ0n) is 12.6. The van der Waals surface area contributed by atoms with Gasteiger partial charge in [-0.05, 0) is 49.9 Å². The van der Waals surface area contributed by atoms with Gasteiger partial charge in [0.05, 0.1) is 13.7 Å². The summed E-state index contributed by atoms with van der Waals surface area (Å²) >= 11 is 0. The molecule has 0 aromatic heterocycles. The van der Waals surface area contributed by atoms with Gasteiger partial charge in [0.1, 0.15) is 11.8 Å². The van der Waals surface area contributed by atoms with Gasteiger partial charge in [0.2, 0.25) is 0 Å². The third-order valence-corrected chi connectivity index (χ3v) is 4.70. The number of hydrogen-bond acceptors (Lipinski definition) is 4. The van der Waals surface area contributed by atoms with Crippen molar-refractivity contribution in [1.82, 2.24) is 4.90 Å². The van der Waals surface area contributed by atoms with E-state index in [0.29, 0.717) is 12.5 Å². The lowest BCUT2D eigenvalue weighted by Gasteiger charge is -2.34. The maximum absolute atomic E-state index is 11.6. The number of para-hydroxylation sites is 1. The molecule has 0 unspecified atom stereocenters. The highest BCUT2D eigenvalue weighted by Gasteiger charge is 2.34. The number of carbonyl (C=O) groups is 1. The van der Waals surface area contributed by atoms with Gasteiger partial charge in [0, 0.05) is 6.42 Å². The van der Waals surface area contributed by atoms with Crippen LogP contribution in [0.2, 0.25) is 0 Å². The van der Waals surface area contributed by atoms with E-state index < -0.39 is 0 Å². The number of hydrogen-bond donors (Lipinski definition) is 0. The van der Waals surface area contributed by atoms with Crippen LogP contribution in [0.25, 0.3) is 0 Å². The van der Waals surface area contributed by atoms with Gasteiger partial charge in [-0.15, -0.1) is 0 Å². The lowest BCUT2D eigenvalue weighted by atomic mass is 9.89. The summed E-state index contributed by atoms with van der Waals surface area (Å²) in [4.78, 5) is 13.9. The summed E-state index contributed by atoms with van der Waals surface area (Å²) < 4.78 is 10.5. The molecule has 2 aliphatic heterocycles. The van der Waals surface area contributed by atoms with Crippen LogP contribution < -0.4 is 4.74 Å². The Morgan fingerprint density at radius 2 is 2.00 bits per heavy atom. The topological polar surface area (TPSA) is 38.8 Å². The minimum atomic E-state index is -0.0295. The van der Waals surface area contributed by atoms with Gasteiger partial charge < -0.3 is 9.47 Å². The van der Waals surface area contributed by atoms with Gasteiger partial charge in [0.15, 0.2) is 0 Å². The monoisotopic (exact) mass is 289 g/mol. The van der Waals surface area contributed by atoms with Crippen LogP contribution >= 0.6 is 0 Å². The van der Waals surface area contributed by atoms with E-state index in [0.717, 1.165) is 44.5 Å². The highest BCUT2D eigenvalue weighted by atomic mass is 16.5. The predicted molar refractivity (Wildman–Crippen MR) is 80.4 cm³/mol. The summed E-state index contributed by atoms with van der Waals surface area (Å²) in [6, 6.07) is 8.27. The number of benzene rings is 1. The molecule has 2 fully saturated rings. The number of methoxy groups -OCH3 is 1. The van der Waals surface area contributed by atoms with E-state index in [4.69, 9.17) is 9.47 Å². The van der Waals surface area contributed by atoms with Crippen LogP contribution in [0.5, 0.6) is 5.75 Å². The number of rotatable bonds is 4. The van der Waals surface area contributed by atoms with E-state index in [1.165, 1.54) is 5.56 Å². The molecule has 0 N–H and O–H groups in total. The second-order valence-electron chi connectivity index (χ2n) is 5.97. The Labute approximate surface area is 126 Å². The largest absolute Gasteiger partial charge is 0.496 e. The molecule has 0 spiro atoms. The van der Waals surface area contributed by atoms with Crippen LogP contribution in [0.3, 0.4) is 0 Å². The molecule has 2 saturated heterocycles. The maximum Gasteiger partial charge on any atom is 0.323 e. The minimum Gasteiger partial charge on any atom is -0.496 e. The molecule has 0 radical (unpaired) electrons. The van der Waals surface area contributed by atoms with Gasteiger partial charge in [-0.2, -0.15) is 0 Å². The smallest absolute Gasteiger partial charge is 0.323 e. The molecule has 1 atom stereocenters. The van der Waals surface area contributed by atoms with Crippen molar-refractivity contribution in [2.45, 2.75) is 31.7 Å². The van der Waals surface area contributed by atoms with Crippen molar-refractivity contribution in [2.75, 3.05) is 26.8 Å². The standard InChI is InChI=1S/C17H23NO3/c1-20-16-5-3-2-4-14(16)12-13-6-9-18(10-7-13)15-8-11-21-17(15)19/h2-5,13,15H,6-12H2,1H3/t15-/m1/s1. The Morgan fingerprint density at radius 1 is 1.24 bits per heavy atom. The van der Waals surface area contributed by atoms with Crippen molar-refractivity contribution in [2.24, 2.45) is 5.92 Å². The Balaban J connectivity index is 1.55. The second-order valence-corrected chi connectivity index (χ2v) is 5.97. The summed E-state index contributed by atoms with van der Waals surface area (Å²) in [5, 5.41) is 0. The fourth-order valence-electron chi connectivity index (χ4n) is 3.47. The molecular weight excluding hydrogens is 266 g/mol. The summed E-state index contributed by atoms with van der Waals surface area (Å²) in [6.07, 6.45) is 4.20. The number of carbonyl (C=O) groups excluding carboxylic acids is 1. The molecule has 114 valence electrons. The third-order valence-electron chi connectivity index (χ3n) is 4.70. The molecule has 2 aliphatic rings. The summed E-state index contributed by atoms with van der Waals surface area (Å²) in [5.74, 6) is 1.63. The lowest BCUT2D eigenvalue weighted by Crippen LogP contribution is -2.44. The van der Waals surface area contributed by atoms with E-state index in [1.807, 2.05) is 12.1 Å². The second kappa shape index (κ2) is 6.48. The Bertz CT molecular complexity index is 495. The quantitative estimate of drug-likeness (QED) is 0.797. The number of esters is 1. The third kappa shape index (κ3) is 3.21. The lowest BCUT2D eigenvalue weighted by molar-refractivity contribution is -0.142. The van der Waals surface area contributed by atoms with Gasteiger partial charge in [-0.25, -0.2) is 0 Å². The number of ether oxygens (including phenoxy) is 2. The van der Waals surface area contributed by atoms with Gasteiger partial charge in [-0.3, -0.25) is 9.69 Å². The normalized spacial score (nSPS) is 24.0. The number of nitrogens with zero attached hydrogens (tertiary/aromatic N) is 1. The zero-order chi connectivity index (χ0) is 14.7. The van der Waals surface area contributed by atoms with Crippen molar-refractivity contribution in [3.8, 4) is 5.75 Å². The molecule has 0 aliphatic carbocycles. The van der Waals surface area contributed by atoms with Crippen LogP contribution in [-0.4, -0.2) is 43.7 Å². The highest BCUT2D eigenvalue weighted by Crippen LogP contribution is 2.28. The van der Waals surface area contributed by atoms with Crippen molar-refractivity contribution >= 4 is 5.97 Å². The molecule has 3 rings (SSSR count). The van der Waals surface area contributed by atoms with E-state index in [-0.39, 0.29) is 12.0 Å². The van der Waals surface area contributed by atoms with Crippen molar-refractivity contribution < 1.29 is 14.3 Å². The summed E-state index contributed by atoms with van der Waals surface area (Å²) in [7, 11) is 1.73. The van der Waals surface area contributed by atoms with E-state index in [1.54, 1.807) is 7.11 Å². The first kappa shape index (κ1) is 14.4. The van der Waals surface area contributed by atoms with Crippen LogP contribution in [0.15, 0.2) is 24.3 Å². The molecule has 4 nitrogen and oxygen atoms in total. The van der Waals surface area contributed by atoms with Crippen molar-refractivity contribution in [1.29, 1.82) is 0 Å². The van der Waals surface area contributed by atoms with Crippen LogP contribution in [-0.2, 0) is 16.0 Å². The minimum absolute atomic E-state index is 0.0113. The van der Waals surface area contributed by atoms with Crippen LogP contribution in [0.4, 0.5) is 0 Å². The molecule has 0 amide bonds. The Kier molecular flexibility index (Phi) is 4.44. The van der Waals surface area contributed by atoms with Gasteiger partial charge in [0.25, 0.3) is 0 Å². The van der Waals surface area contributed by atoms with Gasteiger partial charge >= 0.3 is 5.97 Å². The molecular formula is C17H23NO3. The molecule has 0 saturated carbocycles. The molecule has 4 heteroatoms. The maximum atomic E-state index is 11.6. The van der Waals surface area contributed by atoms with Crippen LogP contribution in [0.1, 0.15) is 24.8 Å². The summed E-state index contributed by atoms with van der Waals surface area (Å²) in [5.41, 5.74) is 1.29. The van der Waals surface area contributed by atoms with Crippen molar-refractivity contribution in [3.63, 3.8) is 0 Å². The molecule has 2 heterocycles. The molecule has 1 aromatic rings. The average Bonchev–Trinajstić information content (AvgIpc) is 2.95. The first-order valence-electron chi connectivity index (χ1n) is 7.80. The van der Waals surface area contributed by atoms with E-state index in [2.05, 4.69) is 17.0 Å². The fraction of sp³-hybridized carbons (Fsp3) is 0.588. The first-order chi connectivity index (χ1) is 10.3. The molecule has 1 aromatic carbocycles. The van der Waals surface area contributed by atoms with E-state index in [9.17, 15) is 4.79 Å². The van der Waals surface area contributed by atoms with Crippen molar-refractivity contribution in [3.05, 3.63) is 29.8 Å².